The number of aromatic nitrogens is 2. The smallest absolute Gasteiger partial charge is 0.222 e. The first-order valence-electron chi connectivity index (χ1n) is 3.31. The van der Waals surface area contributed by atoms with Crippen LogP contribution in [0.2, 0.25) is 5.02 Å². The summed E-state index contributed by atoms with van der Waals surface area (Å²) in [6, 6.07) is 0. The molecule has 5 nitrogen and oxygen atoms in total. The van der Waals surface area contributed by atoms with Gasteiger partial charge in [-0.2, -0.15) is 4.98 Å². The van der Waals surface area contributed by atoms with Gasteiger partial charge >= 0.3 is 0 Å². The van der Waals surface area contributed by atoms with Crippen molar-refractivity contribution in [1.82, 2.24) is 15.0 Å². The van der Waals surface area contributed by atoms with E-state index in [2.05, 4.69) is 15.4 Å². The number of halogens is 1. The molecular weight excluding hydrogens is 178 g/mol. The van der Waals surface area contributed by atoms with E-state index in [9.17, 15) is 0 Å². The van der Waals surface area contributed by atoms with E-state index >= 15 is 0 Å². The molecule has 66 valence electrons. The number of hydrogen-bond acceptors (Lipinski definition) is 5. The molecule has 0 aromatic carbocycles. The molecule has 0 spiro atoms. The highest BCUT2D eigenvalue weighted by Crippen LogP contribution is 2.17. The third-order valence-electron chi connectivity index (χ3n) is 1.09. The zero-order valence-corrected chi connectivity index (χ0v) is 7.63. The predicted molar refractivity (Wildman–Crippen MR) is 48.8 cm³/mol. The topological polar surface area (TPSA) is 67.1 Å². The van der Waals surface area contributed by atoms with Crippen molar-refractivity contribution in [3.63, 3.8) is 0 Å². The van der Waals surface area contributed by atoms with Gasteiger partial charge in [0.1, 0.15) is 5.02 Å². The summed E-state index contributed by atoms with van der Waals surface area (Å²) in [7, 11) is 3.66. The van der Waals surface area contributed by atoms with Crippen LogP contribution >= 0.6 is 11.6 Å². The summed E-state index contributed by atoms with van der Waals surface area (Å²) in [6.07, 6.45) is 1.45. The second-order valence-corrected chi connectivity index (χ2v) is 2.84. The van der Waals surface area contributed by atoms with Gasteiger partial charge in [0.25, 0.3) is 0 Å². The molecule has 12 heavy (non-hydrogen) atoms. The van der Waals surface area contributed by atoms with E-state index in [0.29, 0.717) is 10.8 Å². The van der Waals surface area contributed by atoms with Gasteiger partial charge in [0.05, 0.1) is 6.20 Å². The van der Waals surface area contributed by atoms with Crippen molar-refractivity contribution >= 4 is 23.4 Å². The third-order valence-corrected chi connectivity index (χ3v) is 1.37. The van der Waals surface area contributed by atoms with Crippen molar-refractivity contribution in [1.29, 1.82) is 0 Å². The van der Waals surface area contributed by atoms with Crippen LogP contribution in [0.15, 0.2) is 6.20 Å². The van der Waals surface area contributed by atoms with E-state index in [1.54, 1.807) is 5.01 Å². The maximum Gasteiger partial charge on any atom is 0.222 e. The summed E-state index contributed by atoms with van der Waals surface area (Å²) < 4.78 is 0. The fourth-order valence-corrected chi connectivity index (χ4v) is 0.804. The largest absolute Gasteiger partial charge is 0.368 e. The molecule has 3 N–H and O–H groups in total. The molecule has 0 saturated carbocycles. The third kappa shape index (κ3) is 2.21. The number of nitrogens with two attached hydrogens (primary N) is 1. The highest BCUT2D eigenvalue weighted by Gasteiger charge is 2.02. The number of nitrogens with zero attached hydrogens (tertiary/aromatic N) is 3. The van der Waals surface area contributed by atoms with Gasteiger partial charge in [0, 0.05) is 14.1 Å². The molecule has 0 bridgehead atoms. The predicted octanol–water partition coefficient (Wildman–Crippen LogP) is 0.601. The Balaban J connectivity index is 2.90. The molecular formula is C6H10ClN5. The van der Waals surface area contributed by atoms with Gasteiger partial charge in [0.15, 0.2) is 5.82 Å². The fraction of sp³-hybridized carbons (Fsp3) is 0.333. The van der Waals surface area contributed by atoms with Crippen molar-refractivity contribution < 1.29 is 0 Å². The van der Waals surface area contributed by atoms with Crippen LogP contribution in [-0.2, 0) is 0 Å². The van der Waals surface area contributed by atoms with Crippen molar-refractivity contribution in [2.75, 3.05) is 25.3 Å². The summed E-state index contributed by atoms with van der Waals surface area (Å²) >= 11 is 5.77. The van der Waals surface area contributed by atoms with E-state index in [4.69, 9.17) is 17.3 Å². The van der Waals surface area contributed by atoms with E-state index in [1.807, 2.05) is 14.1 Å². The Morgan fingerprint density at radius 3 is 2.83 bits per heavy atom. The summed E-state index contributed by atoms with van der Waals surface area (Å²) in [5.41, 5.74) is 8.25. The minimum Gasteiger partial charge on any atom is -0.368 e. The maximum atomic E-state index is 5.77. The van der Waals surface area contributed by atoms with Crippen LogP contribution in [0.5, 0.6) is 0 Å². The van der Waals surface area contributed by atoms with Crippen LogP contribution in [0.1, 0.15) is 0 Å². The molecule has 0 radical (unpaired) electrons. The van der Waals surface area contributed by atoms with E-state index in [0.717, 1.165) is 0 Å². The minimum absolute atomic E-state index is 0.198. The van der Waals surface area contributed by atoms with Gasteiger partial charge in [-0.15, -0.1) is 0 Å². The Kier molecular flexibility index (Phi) is 2.67. The zero-order chi connectivity index (χ0) is 9.14. The van der Waals surface area contributed by atoms with Crippen molar-refractivity contribution in [2.24, 2.45) is 0 Å². The quantitative estimate of drug-likeness (QED) is 0.664. The molecule has 0 aliphatic rings. The summed E-state index contributed by atoms with van der Waals surface area (Å²) in [5.74, 6) is 0.706. The first kappa shape index (κ1) is 9.02. The molecule has 0 fully saturated rings. The number of rotatable bonds is 2. The Labute approximate surface area is 75.5 Å². The molecule has 1 aromatic heterocycles. The van der Waals surface area contributed by atoms with Gasteiger partial charge in [-0.3, -0.25) is 0 Å². The molecule has 1 heterocycles. The van der Waals surface area contributed by atoms with E-state index in [-0.39, 0.29) is 5.95 Å². The number of hydrogen-bond donors (Lipinski definition) is 2. The number of nitrogen functional groups attached to an aromatic ring is 1. The molecule has 0 aliphatic heterocycles. The average molecular weight is 188 g/mol. The molecule has 0 atom stereocenters. The number of nitrogens with one attached hydrogen (secondary N) is 1. The fourth-order valence-electron chi connectivity index (χ4n) is 0.671. The van der Waals surface area contributed by atoms with Gasteiger partial charge < -0.3 is 11.2 Å². The highest BCUT2D eigenvalue weighted by molar-refractivity contribution is 6.32. The van der Waals surface area contributed by atoms with Gasteiger partial charge in [-0.1, -0.05) is 11.6 Å². The lowest BCUT2D eigenvalue weighted by molar-refractivity contribution is 0.492. The van der Waals surface area contributed by atoms with Crippen molar-refractivity contribution in [2.45, 2.75) is 0 Å². The Bertz CT molecular complexity index is 275. The lowest BCUT2D eigenvalue weighted by atomic mass is 10.6. The van der Waals surface area contributed by atoms with Gasteiger partial charge in [-0.05, 0) is 0 Å². The first-order chi connectivity index (χ1) is 5.59. The Morgan fingerprint density at radius 1 is 1.58 bits per heavy atom. The number of hydrazine groups is 1. The van der Waals surface area contributed by atoms with Gasteiger partial charge in [-0.25, -0.2) is 9.99 Å². The first-order valence-corrected chi connectivity index (χ1v) is 3.69. The molecule has 0 saturated heterocycles. The summed E-state index contributed by atoms with van der Waals surface area (Å²) in [6.45, 7) is 0. The Morgan fingerprint density at radius 2 is 2.25 bits per heavy atom. The van der Waals surface area contributed by atoms with Crippen LogP contribution in [0.4, 0.5) is 11.8 Å². The lowest BCUT2D eigenvalue weighted by Crippen LogP contribution is -2.21. The van der Waals surface area contributed by atoms with Crippen molar-refractivity contribution in [3.8, 4) is 0 Å². The van der Waals surface area contributed by atoms with Crippen LogP contribution in [0.3, 0.4) is 0 Å². The van der Waals surface area contributed by atoms with Gasteiger partial charge in [0.2, 0.25) is 5.95 Å². The number of anilines is 2. The summed E-state index contributed by atoms with van der Waals surface area (Å²) in [4.78, 5) is 7.62. The highest BCUT2D eigenvalue weighted by atomic mass is 35.5. The molecule has 0 aliphatic carbocycles. The average Bonchev–Trinajstić information content (AvgIpc) is 1.96. The van der Waals surface area contributed by atoms with Crippen LogP contribution < -0.4 is 11.2 Å². The standard InChI is InChI=1S/C6H10ClN5/c1-12(2)11-5-4(7)3-9-6(8)10-5/h3H,1-2H3,(H3,8,9,10,11). The normalized spacial score (nSPS) is 10.3. The molecule has 0 amide bonds. The SMILES string of the molecule is CN(C)Nc1nc(N)ncc1Cl. The molecule has 1 aromatic rings. The monoisotopic (exact) mass is 187 g/mol. The minimum atomic E-state index is 0.198. The van der Waals surface area contributed by atoms with E-state index < -0.39 is 0 Å². The molecule has 0 unspecified atom stereocenters. The van der Waals surface area contributed by atoms with Crippen LogP contribution in [0.25, 0.3) is 0 Å². The van der Waals surface area contributed by atoms with E-state index in [1.165, 1.54) is 6.20 Å². The molecule has 6 heteroatoms. The second kappa shape index (κ2) is 3.55. The van der Waals surface area contributed by atoms with Crippen molar-refractivity contribution in [3.05, 3.63) is 11.2 Å². The Hall–Kier alpha value is -1.07. The lowest BCUT2D eigenvalue weighted by Gasteiger charge is -2.13. The van der Waals surface area contributed by atoms with Crippen LogP contribution in [-0.4, -0.2) is 29.1 Å². The second-order valence-electron chi connectivity index (χ2n) is 2.43. The molecule has 1 rings (SSSR count). The summed E-state index contributed by atoms with van der Waals surface area (Å²) in [5, 5.41) is 2.16. The zero-order valence-electron chi connectivity index (χ0n) is 6.87. The van der Waals surface area contributed by atoms with Crippen LogP contribution in [0, 0.1) is 0 Å². The maximum absolute atomic E-state index is 5.77.